The summed E-state index contributed by atoms with van der Waals surface area (Å²) in [6.45, 7) is 0. The number of thiocarbonyl (C=S) groups is 1. The minimum atomic E-state index is -4.88. The maximum atomic E-state index is 15.1. The van der Waals surface area contributed by atoms with Crippen molar-refractivity contribution in [2.45, 2.75) is 56.7 Å². The van der Waals surface area contributed by atoms with Gasteiger partial charge >= 0.3 is 6.18 Å². The first-order valence-corrected chi connectivity index (χ1v) is 13.1. The van der Waals surface area contributed by atoms with Gasteiger partial charge in [0.25, 0.3) is 11.8 Å². The van der Waals surface area contributed by atoms with Crippen molar-refractivity contribution in [3.8, 4) is 6.07 Å². The van der Waals surface area contributed by atoms with Gasteiger partial charge in [0.15, 0.2) is 10.8 Å². The van der Waals surface area contributed by atoms with Gasteiger partial charge in [-0.1, -0.05) is 25.7 Å². The standard InChI is InChI=1S/C27H25F4N5O2S/c1-33-23(37)19-7-6-17(11-21(19)28)36-25(39)35(18-10-20(27(29,30)31)22(13-32)34-14-18)24(38)26(36)9-8-15-4-2-3-5-16(15)12-26/h6-7,10-11,14-16H,2-5,8-9,12H2,1H3,(H,33,37). The van der Waals surface area contributed by atoms with E-state index in [1.54, 1.807) is 0 Å². The Bertz CT molecular complexity index is 1410. The van der Waals surface area contributed by atoms with Crippen molar-refractivity contribution in [3.63, 3.8) is 0 Å². The van der Waals surface area contributed by atoms with Gasteiger partial charge in [-0.15, -0.1) is 0 Å². The number of amides is 2. The quantitative estimate of drug-likeness (QED) is 0.404. The van der Waals surface area contributed by atoms with E-state index < -0.39 is 40.6 Å². The molecule has 5 rings (SSSR count). The van der Waals surface area contributed by atoms with Crippen molar-refractivity contribution in [1.82, 2.24) is 10.3 Å². The highest BCUT2D eigenvalue weighted by Gasteiger charge is 2.59. The average molecular weight is 560 g/mol. The van der Waals surface area contributed by atoms with Crippen LogP contribution in [-0.4, -0.2) is 34.5 Å². The highest BCUT2D eigenvalue weighted by molar-refractivity contribution is 7.81. The number of nitrogens with one attached hydrogen (secondary N) is 1. The van der Waals surface area contributed by atoms with Gasteiger partial charge in [-0.2, -0.15) is 18.4 Å². The zero-order valence-electron chi connectivity index (χ0n) is 21.0. The second kappa shape index (κ2) is 9.86. The van der Waals surface area contributed by atoms with E-state index in [-0.39, 0.29) is 28.0 Å². The van der Waals surface area contributed by atoms with E-state index in [0.29, 0.717) is 24.8 Å². The second-order valence-corrected chi connectivity index (χ2v) is 10.6. The van der Waals surface area contributed by atoms with Gasteiger partial charge in [-0.25, -0.2) is 9.37 Å². The van der Waals surface area contributed by atoms with Crippen LogP contribution in [0.4, 0.5) is 28.9 Å². The number of pyridine rings is 1. The molecule has 7 nitrogen and oxygen atoms in total. The van der Waals surface area contributed by atoms with Crippen LogP contribution in [0.1, 0.15) is 66.6 Å². The summed E-state index contributed by atoms with van der Waals surface area (Å²) in [5.41, 5.74) is -3.50. The molecule has 2 aliphatic carbocycles. The summed E-state index contributed by atoms with van der Waals surface area (Å²) in [6, 6.07) is 6.05. The molecule has 1 aromatic carbocycles. The number of rotatable bonds is 3. The first-order valence-electron chi connectivity index (χ1n) is 12.7. The number of fused-ring (bicyclic) bond motifs is 1. The smallest absolute Gasteiger partial charge is 0.355 e. The summed E-state index contributed by atoms with van der Waals surface area (Å²) in [6.07, 6.45) is 1.77. The number of hydrogen-bond donors (Lipinski definition) is 1. The Labute approximate surface area is 227 Å². The number of anilines is 2. The summed E-state index contributed by atoms with van der Waals surface area (Å²) < 4.78 is 56.3. The summed E-state index contributed by atoms with van der Waals surface area (Å²) in [4.78, 5) is 32.5. The van der Waals surface area contributed by atoms with Gasteiger partial charge in [0.2, 0.25) is 0 Å². The number of carbonyl (C=O) groups is 2. The SMILES string of the molecule is CNC(=O)c1ccc(N2C(=S)N(c3cnc(C#N)c(C(F)(F)F)c3)C(=O)C23CCC2CCCCC2C3)cc1F. The Balaban J connectivity index is 1.64. The fraction of sp³-hybridized carbons (Fsp3) is 0.444. The lowest BCUT2D eigenvalue weighted by Gasteiger charge is -2.47. The average Bonchev–Trinajstić information content (AvgIpc) is 3.12. The third-order valence-corrected chi connectivity index (χ3v) is 8.60. The van der Waals surface area contributed by atoms with E-state index in [9.17, 15) is 22.8 Å². The molecule has 3 atom stereocenters. The minimum Gasteiger partial charge on any atom is -0.355 e. The first kappa shape index (κ1) is 27.0. The third-order valence-electron chi connectivity index (χ3n) is 8.23. The van der Waals surface area contributed by atoms with Crippen LogP contribution < -0.4 is 15.1 Å². The predicted octanol–water partition coefficient (Wildman–Crippen LogP) is 5.34. The summed E-state index contributed by atoms with van der Waals surface area (Å²) in [5, 5.41) is 11.4. The zero-order chi connectivity index (χ0) is 28.1. The van der Waals surface area contributed by atoms with Gasteiger partial charge in [0, 0.05) is 12.7 Å². The molecule has 3 fully saturated rings. The molecule has 1 aliphatic heterocycles. The van der Waals surface area contributed by atoms with Crippen LogP contribution in [0.25, 0.3) is 0 Å². The Morgan fingerprint density at radius 1 is 1.18 bits per heavy atom. The highest BCUT2D eigenvalue weighted by atomic mass is 32.1. The molecule has 2 amide bonds. The van der Waals surface area contributed by atoms with Crippen LogP contribution >= 0.6 is 12.2 Å². The zero-order valence-corrected chi connectivity index (χ0v) is 21.8. The number of benzene rings is 1. The van der Waals surface area contributed by atoms with Crippen LogP contribution in [-0.2, 0) is 11.0 Å². The van der Waals surface area contributed by atoms with E-state index in [2.05, 4.69) is 10.3 Å². The molecule has 12 heteroatoms. The third kappa shape index (κ3) is 4.42. The van der Waals surface area contributed by atoms with Crippen LogP contribution in [0, 0.1) is 29.0 Å². The maximum absolute atomic E-state index is 15.1. The van der Waals surface area contributed by atoms with E-state index in [4.69, 9.17) is 17.5 Å². The topological polar surface area (TPSA) is 89.3 Å². The van der Waals surface area contributed by atoms with Crippen molar-refractivity contribution in [3.05, 3.63) is 53.1 Å². The maximum Gasteiger partial charge on any atom is 0.419 e. The number of carbonyl (C=O) groups excluding carboxylic acids is 2. The molecule has 3 unspecified atom stereocenters. The molecule has 0 bridgehead atoms. The van der Waals surface area contributed by atoms with Crippen LogP contribution in [0.2, 0.25) is 0 Å². The molecule has 1 aromatic heterocycles. The van der Waals surface area contributed by atoms with Crippen molar-refractivity contribution >= 4 is 40.5 Å². The molecule has 3 aliphatic rings. The summed E-state index contributed by atoms with van der Waals surface area (Å²) in [7, 11) is 1.38. The van der Waals surface area contributed by atoms with E-state index in [1.165, 1.54) is 30.1 Å². The van der Waals surface area contributed by atoms with Gasteiger partial charge in [-0.05, 0) is 67.6 Å². The molecule has 1 saturated heterocycles. The van der Waals surface area contributed by atoms with Crippen molar-refractivity contribution < 1.29 is 27.2 Å². The van der Waals surface area contributed by atoms with Gasteiger partial charge in [0.05, 0.1) is 23.0 Å². The fourth-order valence-electron chi connectivity index (χ4n) is 6.39. The summed E-state index contributed by atoms with van der Waals surface area (Å²) >= 11 is 5.71. The lowest BCUT2D eigenvalue weighted by atomic mass is 9.64. The molecule has 1 spiro atoms. The molecule has 204 valence electrons. The number of halogens is 4. The monoisotopic (exact) mass is 559 g/mol. The highest BCUT2D eigenvalue weighted by Crippen LogP contribution is 2.51. The molecule has 2 heterocycles. The second-order valence-electron chi connectivity index (χ2n) is 10.3. The molecule has 2 aromatic rings. The molecular weight excluding hydrogens is 534 g/mol. The van der Waals surface area contributed by atoms with Crippen molar-refractivity contribution in [2.75, 3.05) is 16.8 Å². The Morgan fingerprint density at radius 3 is 2.54 bits per heavy atom. The first-order chi connectivity index (χ1) is 18.5. The van der Waals surface area contributed by atoms with Crippen LogP contribution in [0.3, 0.4) is 0 Å². The van der Waals surface area contributed by atoms with Crippen LogP contribution in [0.5, 0.6) is 0 Å². The minimum absolute atomic E-state index is 0.110. The fourth-order valence-corrected chi connectivity index (χ4v) is 6.86. The molecule has 1 N–H and O–H groups in total. The van der Waals surface area contributed by atoms with E-state index in [1.807, 2.05) is 0 Å². The Kier molecular flexibility index (Phi) is 6.83. The number of nitrogens with zero attached hydrogens (tertiary/aromatic N) is 4. The van der Waals surface area contributed by atoms with Crippen LogP contribution in [0.15, 0.2) is 30.5 Å². The summed E-state index contributed by atoms with van der Waals surface area (Å²) in [5.74, 6) is -1.31. The normalized spacial score (nSPS) is 25.0. The lowest BCUT2D eigenvalue weighted by molar-refractivity contribution is -0.138. The molecule has 39 heavy (non-hydrogen) atoms. The van der Waals surface area contributed by atoms with Gasteiger partial charge < -0.3 is 10.2 Å². The van der Waals surface area contributed by atoms with Crippen molar-refractivity contribution in [2.24, 2.45) is 11.8 Å². The van der Waals surface area contributed by atoms with Gasteiger partial charge in [-0.3, -0.25) is 14.5 Å². The van der Waals surface area contributed by atoms with E-state index in [0.717, 1.165) is 49.3 Å². The number of hydrogen-bond acceptors (Lipinski definition) is 5. The number of nitriles is 1. The molecular formula is C27H25F4N5O2S. The largest absolute Gasteiger partial charge is 0.419 e. The Hall–Kier alpha value is -3.59. The Morgan fingerprint density at radius 2 is 1.90 bits per heavy atom. The van der Waals surface area contributed by atoms with Crippen molar-refractivity contribution in [1.29, 1.82) is 5.26 Å². The molecule has 2 saturated carbocycles. The van der Waals surface area contributed by atoms with Gasteiger partial charge in [0.1, 0.15) is 17.4 Å². The predicted molar refractivity (Wildman–Crippen MR) is 138 cm³/mol. The van der Waals surface area contributed by atoms with E-state index >= 15 is 4.39 Å². The number of alkyl halides is 3. The lowest BCUT2D eigenvalue weighted by Crippen LogP contribution is -2.55. The molecule has 0 radical (unpaired) electrons. The number of aromatic nitrogens is 1.